The minimum Gasteiger partial charge on any atom is -0.484 e. The summed E-state index contributed by atoms with van der Waals surface area (Å²) in [6, 6.07) is 5.58. The van der Waals surface area contributed by atoms with E-state index < -0.39 is 5.97 Å². The predicted octanol–water partition coefficient (Wildman–Crippen LogP) is 6.02. The number of fused-ring (bicyclic) bond motifs is 5. The molecule has 0 bridgehead atoms. The number of pyridine rings is 1. The summed E-state index contributed by atoms with van der Waals surface area (Å²) < 4.78 is 20.0. The number of benzene rings is 1. The van der Waals surface area contributed by atoms with Crippen LogP contribution in [0.3, 0.4) is 0 Å². The first-order valence-corrected chi connectivity index (χ1v) is 11.3. The number of carbonyl (C=O) groups is 1. The molecule has 0 radical (unpaired) electrons. The van der Waals surface area contributed by atoms with Crippen molar-refractivity contribution in [1.82, 2.24) is 4.57 Å². The second kappa shape index (κ2) is 6.99. The van der Waals surface area contributed by atoms with Crippen LogP contribution in [0, 0.1) is 5.41 Å². The van der Waals surface area contributed by atoms with E-state index in [0.29, 0.717) is 11.3 Å². The third-order valence-electron chi connectivity index (χ3n) is 5.87. The van der Waals surface area contributed by atoms with Crippen LogP contribution in [-0.4, -0.2) is 17.1 Å². The zero-order valence-electron chi connectivity index (χ0n) is 18.0. The molecule has 2 aromatic heterocycles. The lowest BCUT2D eigenvalue weighted by molar-refractivity contribution is 0.0521. The lowest BCUT2D eigenvalue weighted by atomic mass is 9.80. The summed E-state index contributed by atoms with van der Waals surface area (Å²) in [4.78, 5) is 26.1. The molecule has 0 saturated heterocycles. The number of aromatic nitrogens is 1. The van der Waals surface area contributed by atoms with E-state index in [1.54, 1.807) is 23.8 Å². The smallest absolute Gasteiger partial charge is 0.343 e. The molecule has 3 heterocycles. The Morgan fingerprint density at radius 2 is 2.03 bits per heavy atom. The number of nitrogens with zero attached hydrogens (tertiary/aromatic N) is 1. The summed E-state index contributed by atoms with van der Waals surface area (Å²) in [5.41, 5.74) is 2.68. The molecule has 6 nitrogen and oxygen atoms in total. The highest BCUT2D eigenvalue weighted by molar-refractivity contribution is 9.10. The average Bonchev–Trinajstić information content (AvgIpc) is 3.41. The number of rotatable bonds is 3. The molecule has 3 aromatic rings. The summed E-state index contributed by atoms with van der Waals surface area (Å²) in [6.45, 7) is 8.23. The Morgan fingerprint density at radius 3 is 2.68 bits per heavy atom. The minimum absolute atomic E-state index is 0.0669. The maximum absolute atomic E-state index is 13.5. The van der Waals surface area contributed by atoms with Crippen LogP contribution in [0.4, 0.5) is 0 Å². The van der Waals surface area contributed by atoms with Crippen LogP contribution in [0.2, 0.25) is 0 Å². The number of carbonyl (C=O) groups excluding carboxylic acids is 1. The van der Waals surface area contributed by atoms with Gasteiger partial charge in [-0.3, -0.25) is 4.79 Å². The topological polar surface area (TPSA) is 70.7 Å². The van der Waals surface area contributed by atoms with Crippen molar-refractivity contribution in [3.63, 3.8) is 0 Å². The number of hydrogen-bond donors (Lipinski definition) is 0. The van der Waals surface area contributed by atoms with Crippen molar-refractivity contribution in [2.45, 2.75) is 52.7 Å². The van der Waals surface area contributed by atoms with Gasteiger partial charge in [-0.25, -0.2) is 4.79 Å². The highest BCUT2D eigenvalue weighted by Crippen LogP contribution is 2.53. The van der Waals surface area contributed by atoms with Crippen molar-refractivity contribution in [2.75, 3.05) is 6.61 Å². The Kier molecular flexibility index (Phi) is 4.59. The van der Waals surface area contributed by atoms with Gasteiger partial charge in [-0.15, -0.1) is 0 Å². The normalized spacial score (nSPS) is 17.8. The summed E-state index contributed by atoms with van der Waals surface area (Å²) in [7, 11) is 0. The van der Waals surface area contributed by atoms with Crippen LogP contribution < -0.4 is 10.3 Å². The molecule has 2 aliphatic rings. The molecule has 1 aliphatic heterocycles. The van der Waals surface area contributed by atoms with Crippen LogP contribution >= 0.6 is 15.9 Å². The molecule has 1 atom stereocenters. The van der Waals surface area contributed by atoms with Gasteiger partial charge < -0.3 is 18.5 Å². The lowest BCUT2D eigenvalue weighted by Gasteiger charge is -2.38. The van der Waals surface area contributed by atoms with Gasteiger partial charge in [0.05, 0.1) is 28.4 Å². The zero-order valence-corrected chi connectivity index (χ0v) is 19.5. The van der Waals surface area contributed by atoms with Gasteiger partial charge in [0.2, 0.25) is 0 Å². The number of halogens is 1. The highest BCUT2D eigenvalue weighted by atomic mass is 79.9. The van der Waals surface area contributed by atoms with Crippen molar-refractivity contribution in [3.05, 3.63) is 50.4 Å². The Bertz CT molecular complexity index is 1280. The van der Waals surface area contributed by atoms with E-state index in [1.165, 1.54) is 0 Å². The fraction of sp³-hybridized carbons (Fsp3) is 0.417. The molecule has 7 heteroatoms. The third-order valence-corrected chi connectivity index (χ3v) is 6.46. The van der Waals surface area contributed by atoms with Gasteiger partial charge in [-0.1, -0.05) is 20.8 Å². The van der Waals surface area contributed by atoms with E-state index >= 15 is 0 Å². The van der Waals surface area contributed by atoms with E-state index in [4.69, 9.17) is 13.9 Å². The number of ether oxygens (including phenoxy) is 2. The predicted molar refractivity (Wildman–Crippen MR) is 121 cm³/mol. The van der Waals surface area contributed by atoms with Crippen LogP contribution in [0.15, 0.2) is 38.1 Å². The second-order valence-electron chi connectivity index (χ2n) is 9.25. The molecule has 31 heavy (non-hydrogen) atoms. The van der Waals surface area contributed by atoms with E-state index in [0.717, 1.165) is 39.5 Å². The Labute approximate surface area is 188 Å². The molecular formula is C24H24BrNO5. The molecule has 0 amide bonds. The van der Waals surface area contributed by atoms with Crippen LogP contribution in [0.5, 0.6) is 5.75 Å². The summed E-state index contributed by atoms with van der Waals surface area (Å²) >= 11 is 3.60. The fourth-order valence-electron chi connectivity index (χ4n) is 4.38. The Morgan fingerprint density at radius 1 is 1.29 bits per heavy atom. The average molecular weight is 486 g/mol. The first-order chi connectivity index (χ1) is 14.7. The van der Waals surface area contributed by atoms with Crippen LogP contribution in [0.25, 0.3) is 22.2 Å². The molecule has 1 aromatic carbocycles. The Hall–Kier alpha value is -2.54. The first-order valence-electron chi connectivity index (χ1n) is 10.6. The van der Waals surface area contributed by atoms with Gasteiger partial charge in [0.25, 0.3) is 5.56 Å². The maximum Gasteiger partial charge on any atom is 0.343 e. The Balaban J connectivity index is 1.89. The van der Waals surface area contributed by atoms with Gasteiger partial charge in [0.15, 0.2) is 5.58 Å². The second-order valence-corrected chi connectivity index (χ2v) is 10.1. The van der Waals surface area contributed by atoms with Crippen molar-refractivity contribution in [2.24, 2.45) is 5.41 Å². The van der Waals surface area contributed by atoms with Crippen LogP contribution in [0.1, 0.15) is 68.6 Å². The quantitative estimate of drug-likeness (QED) is 0.424. The molecule has 0 N–H and O–H groups in total. The first kappa shape index (κ1) is 20.4. The molecule has 0 spiro atoms. The molecule has 1 aliphatic carbocycles. The fourth-order valence-corrected chi connectivity index (χ4v) is 4.92. The van der Waals surface area contributed by atoms with Crippen molar-refractivity contribution in [3.8, 4) is 17.0 Å². The molecular weight excluding hydrogens is 462 g/mol. The largest absolute Gasteiger partial charge is 0.484 e. The molecule has 5 rings (SSSR count). The van der Waals surface area contributed by atoms with Crippen molar-refractivity contribution in [1.29, 1.82) is 0 Å². The number of esters is 1. The third kappa shape index (κ3) is 3.13. The van der Waals surface area contributed by atoms with Crippen molar-refractivity contribution >= 4 is 32.9 Å². The molecule has 1 unspecified atom stereocenters. The van der Waals surface area contributed by atoms with Crippen molar-refractivity contribution < 1.29 is 18.7 Å². The summed E-state index contributed by atoms with van der Waals surface area (Å²) in [5, 5.41) is 0.855. The van der Waals surface area contributed by atoms with Gasteiger partial charge >= 0.3 is 5.97 Å². The van der Waals surface area contributed by atoms with Crippen LogP contribution in [-0.2, 0) is 4.74 Å². The highest BCUT2D eigenvalue weighted by Gasteiger charge is 2.41. The summed E-state index contributed by atoms with van der Waals surface area (Å²) in [5.74, 6) is 0.117. The van der Waals surface area contributed by atoms with E-state index in [9.17, 15) is 9.59 Å². The molecule has 1 fully saturated rings. The van der Waals surface area contributed by atoms with Gasteiger partial charge in [0, 0.05) is 22.6 Å². The maximum atomic E-state index is 13.5. The summed E-state index contributed by atoms with van der Waals surface area (Å²) in [6.07, 6.45) is 3.10. The monoisotopic (exact) mass is 485 g/mol. The zero-order chi connectivity index (χ0) is 22.1. The molecule has 162 valence electrons. The van der Waals surface area contributed by atoms with E-state index in [-0.39, 0.29) is 35.3 Å². The standard InChI is InChI=1S/C24H24BrNO5/c1-5-29-23(28)16-10-15-18(26(22(16)27)12-6-7-12)14-11-17(25)20-13(8-9-30-20)19(14)31-21(15)24(2,3)4/h8-12,21H,5-7H2,1-4H3. The van der Waals surface area contributed by atoms with Gasteiger partial charge in [-0.2, -0.15) is 0 Å². The SMILES string of the molecule is CCOC(=O)c1cc2c(n(C3CC3)c1=O)-c1cc(Br)c3occc3c1OC2C(C)(C)C. The van der Waals surface area contributed by atoms with E-state index in [2.05, 4.69) is 36.7 Å². The number of hydrogen-bond acceptors (Lipinski definition) is 5. The van der Waals surface area contributed by atoms with E-state index in [1.807, 2.05) is 12.1 Å². The lowest BCUT2D eigenvalue weighted by Crippen LogP contribution is -2.34. The molecule has 1 saturated carbocycles. The minimum atomic E-state index is -0.588. The van der Waals surface area contributed by atoms with Gasteiger partial charge in [-0.05, 0) is 53.9 Å². The van der Waals surface area contributed by atoms with Gasteiger partial charge in [0.1, 0.15) is 17.4 Å². The number of furan rings is 1.